The second-order valence-corrected chi connectivity index (χ2v) is 10.8. The number of benzene rings is 1. The maximum absolute atomic E-state index is 14.8. The van der Waals surface area contributed by atoms with Gasteiger partial charge in [-0.05, 0) is 31.9 Å². The van der Waals surface area contributed by atoms with E-state index in [4.69, 9.17) is 16.7 Å². The number of carboxylic acids is 2. The average molecular weight is 626 g/mol. The van der Waals surface area contributed by atoms with Crippen LogP contribution >= 0.6 is 23.4 Å². The van der Waals surface area contributed by atoms with Crippen molar-refractivity contribution in [1.29, 1.82) is 0 Å². The maximum Gasteiger partial charge on any atom is 0.431 e. The average Bonchev–Trinajstić information content (AvgIpc) is 2.86. The van der Waals surface area contributed by atoms with Crippen LogP contribution in [0.2, 0.25) is 5.02 Å². The maximum atomic E-state index is 14.8. The van der Waals surface area contributed by atoms with Gasteiger partial charge in [-0.3, -0.25) is 23.7 Å². The fourth-order valence-electron chi connectivity index (χ4n) is 3.06. The van der Waals surface area contributed by atoms with E-state index in [1.807, 2.05) is 0 Å². The molecule has 0 saturated heterocycles. The highest BCUT2D eigenvalue weighted by Crippen LogP contribution is 2.43. The number of nitrogens with one attached hydrogen (secondary N) is 1. The molecule has 2 rings (SSSR count). The Kier molecular flexibility index (Phi) is 12.0. The Morgan fingerprint density at radius 3 is 2.15 bits per heavy atom. The van der Waals surface area contributed by atoms with Crippen LogP contribution in [0.1, 0.15) is 39.8 Å². The van der Waals surface area contributed by atoms with Gasteiger partial charge >= 0.3 is 23.8 Å². The Labute approximate surface area is 240 Å². The summed E-state index contributed by atoms with van der Waals surface area (Å²) in [5, 5.41) is 19.9. The molecule has 0 aliphatic heterocycles. The van der Waals surface area contributed by atoms with Crippen molar-refractivity contribution in [2.75, 3.05) is 6.54 Å². The van der Waals surface area contributed by atoms with Crippen molar-refractivity contribution in [2.45, 2.75) is 49.9 Å². The molecule has 1 aromatic heterocycles. The van der Waals surface area contributed by atoms with Gasteiger partial charge in [0.1, 0.15) is 16.3 Å². The summed E-state index contributed by atoms with van der Waals surface area (Å²) in [6.07, 6.45) is -4.79. The van der Waals surface area contributed by atoms with E-state index in [0.29, 0.717) is 11.8 Å². The molecule has 1 heterocycles. The van der Waals surface area contributed by atoms with Gasteiger partial charge in [-0.2, -0.15) is 13.2 Å². The van der Waals surface area contributed by atoms with Crippen LogP contribution in [0.25, 0.3) is 5.69 Å². The highest BCUT2D eigenvalue weighted by Gasteiger charge is 2.41. The van der Waals surface area contributed by atoms with Crippen molar-refractivity contribution in [3.05, 3.63) is 67.7 Å². The fourth-order valence-corrected chi connectivity index (χ4v) is 4.48. The van der Waals surface area contributed by atoms with Crippen molar-refractivity contribution in [3.63, 3.8) is 0 Å². The van der Waals surface area contributed by atoms with Gasteiger partial charge in [0.15, 0.2) is 0 Å². The zero-order chi connectivity index (χ0) is 32.0. The van der Waals surface area contributed by atoms with E-state index in [-0.39, 0.29) is 43.7 Å². The Hall–Kier alpha value is -3.59. The summed E-state index contributed by atoms with van der Waals surface area (Å²) in [6, 6.07) is 1.79. The summed E-state index contributed by atoms with van der Waals surface area (Å²) in [5.41, 5.74) is -4.94. The smallest absolute Gasteiger partial charge is 0.431 e. The third-order valence-corrected chi connectivity index (χ3v) is 7.78. The first-order valence-corrected chi connectivity index (χ1v) is 12.9. The molecule has 2 atom stereocenters. The molecule has 1 amide bonds. The summed E-state index contributed by atoms with van der Waals surface area (Å²) >= 11 is 6.77. The second kappa shape index (κ2) is 13.9. The molecule has 226 valence electrons. The van der Waals surface area contributed by atoms with Crippen molar-refractivity contribution in [1.82, 2.24) is 14.5 Å². The van der Waals surface area contributed by atoms with Crippen LogP contribution in [0, 0.1) is 11.7 Å². The molecule has 0 radical (unpaired) electrons. The molecule has 0 fully saturated rings. The van der Waals surface area contributed by atoms with Crippen LogP contribution in [0.4, 0.5) is 17.6 Å². The van der Waals surface area contributed by atoms with Crippen molar-refractivity contribution >= 4 is 41.2 Å². The lowest BCUT2D eigenvalue weighted by Gasteiger charge is -2.31. The number of halogens is 5. The third-order valence-electron chi connectivity index (χ3n) is 5.80. The zero-order valence-corrected chi connectivity index (χ0v) is 24.1. The second-order valence-electron chi connectivity index (χ2n) is 8.93. The number of thioether (sulfide) groups is 1. The third kappa shape index (κ3) is 8.70. The Bertz CT molecular complexity index is 1470. The number of alkyl halides is 3. The van der Waals surface area contributed by atoms with Crippen LogP contribution in [0.3, 0.4) is 0 Å². The van der Waals surface area contributed by atoms with Crippen LogP contribution in [0.15, 0.2) is 44.8 Å². The molecule has 3 N–H and O–H groups in total. The number of hydrogen-bond acceptors (Lipinski definition) is 6. The quantitative estimate of drug-likeness (QED) is 0.214. The largest absolute Gasteiger partial charge is 0.481 e. The number of rotatable bonds is 9. The summed E-state index contributed by atoms with van der Waals surface area (Å²) in [4.78, 5) is 58.3. The molecule has 0 aliphatic carbocycles. The summed E-state index contributed by atoms with van der Waals surface area (Å²) in [7, 11) is 0.771. The number of nitrogens with zero attached hydrogens (tertiary/aromatic N) is 2. The topological polar surface area (TPSA) is 148 Å². The number of aliphatic carboxylic acids is 2. The lowest BCUT2D eigenvalue weighted by molar-refractivity contribution is -0.144. The molecular formula is C25H28ClF4N3O7S. The minimum absolute atomic E-state index is 0.0649. The van der Waals surface area contributed by atoms with E-state index in [1.54, 1.807) is 6.92 Å². The lowest BCUT2D eigenvalue weighted by Crippen LogP contribution is -2.44. The van der Waals surface area contributed by atoms with Gasteiger partial charge in [-0.1, -0.05) is 32.0 Å². The fraction of sp³-hybridized carbons (Fsp3) is 0.400. The number of carbonyl (C=O) groups is 3. The van der Waals surface area contributed by atoms with Crippen LogP contribution < -0.4 is 16.6 Å². The number of hydrogen-bond donors (Lipinski definition) is 3. The molecule has 1 aromatic carbocycles. The molecule has 41 heavy (non-hydrogen) atoms. The molecular weight excluding hydrogens is 598 g/mol. The number of aromatic nitrogens is 2. The van der Waals surface area contributed by atoms with E-state index in [9.17, 15) is 46.6 Å². The number of carboxylic acid groups (broad SMARTS) is 2. The summed E-state index contributed by atoms with van der Waals surface area (Å²) in [6.45, 7) is 9.35. The van der Waals surface area contributed by atoms with E-state index in [2.05, 4.69) is 11.9 Å². The summed E-state index contributed by atoms with van der Waals surface area (Å²) in [5.74, 6) is -4.46. The number of carbonyl (C=O) groups excluding carboxylic acids is 1. The molecule has 2 aromatic rings. The highest BCUT2D eigenvalue weighted by molar-refractivity contribution is 8.01. The van der Waals surface area contributed by atoms with Gasteiger partial charge in [0.05, 0.1) is 10.7 Å². The molecule has 0 saturated carbocycles. The predicted molar refractivity (Wildman–Crippen MR) is 144 cm³/mol. The van der Waals surface area contributed by atoms with Crippen LogP contribution in [-0.4, -0.2) is 48.5 Å². The normalized spacial score (nSPS) is 13.3. The Morgan fingerprint density at radius 1 is 1.17 bits per heavy atom. The van der Waals surface area contributed by atoms with Crippen LogP contribution in [0.5, 0.6) is 0 Å². The van der Waals surface area contributed by atoms with E-state index < -0.39 is 63.1 Å². The van der Waals surface area contributed by atoms with Gasteiger partial charge in [0.25, 0.3) is 5.56 Å². The first-order chi connectivity index (χ1) is 18.7. The molecule has 0 aliphatic rings. The van der Waals surface area contributed by atoms with Gasteiger partial charge in [0, 0.05) is 36.5 Å². The van der Waals surface area contributed by atoms with E-state index >= 15 is 0 Å². The minimum atomic E-state index is -5.01. The van der Waals surface area contributed by atoms with E-state index in [0.717, 1.165) is 19.2 Å². The molecule has 0 spiro atoms. The Morgan fingerprint density at radius 2 is 1.71 bits per heavy atom. The molecule has 2 unspecified atom stereocenters. The van der Waals surface area contributed by atoms with Crippen LogP contribution in [-0.2, 0) is 27.6 Å². The predicted octanol–water partition coefficient (Wildman–Crippen LogP) is 4.09. The minimum Gasteiger partial charge on any atom is -0.481 e. The van der Waals surface area contributed by atoms with Gasteiger partial charge < -0.3 is 15.5 Å². The monoisotopic (exact) mass is 625 g/mol. The van der Waals surface area contributed by atoms with Gasteiger partial charge in [-0.15, -0.1) is 11.8 Å². The molecule has 16 heteroatoms. The Balaban J connectivity index is 0.00000154. The first kappa shape index (κ1) is 35.4. The van der Waals surface area contributed by atoms with Crippen molar-refractivity contribution in [2.24, 2.45) is 13.0 Å². The van der Waals surface area contributed by atoms with Crippen molar-refractivity contribution < 1.29 is 42.2 Å². The number of amides is 1. The zero-order valence-electron chi connectivity index (χ0n) is 22.6. The highest BCUT2D eigenvalue weighted by atomic mass is 35.5. The summed E-state index contributed by atoms with van der Waals surface area (Å²) < 4.78 is 52.9. The standard InChI is InChI=1S/C22H22ClF4N3O5S.C3H6O2/c1-10(2)18(32)28-9-11(3)21(4,19(33)34)36-15-7-14(13(24)6-12(15)23)30-17(31)8-16(22(25,26)27)29(5)20(30)35;1-2-3(4)5/h6-8,11H,1,9H2,2-5H3,(H,28,32)(H,33,34);2H2,1H3,(H,4,5). The first-order valence-electron chi connectivity index (χ1n) is 11.7. The molecule has 10 nitrogen and oxygen atoms in total. The lowest BCUT2D eigenvalue weighted by atomic mass is 9.95. The van der Waals surface area contributed by atoms with Gasteiger partial charge in [-0.25, -0.2) is 13.8 Å². The molecule has 0 bridgehead atoms. The van der Waals surface area contributed by atoms with E-state index in [1.165, 1.54) is 20.8 Å². The van der Waals surface area contributed by atoms with Gasteiger partial charge in [0.2, 0.25) is 5.91 Å². The van der Waals surface area contributed by atoms with Crippen molar-refractivity contribution in [3.8, 4) is 5.69 Å². The SMILES string of the molecule is C=C(C)C(=O)NCC(C)C(C)(Sc1cc(-n2c(=O)cc(C(F)(F)F)n(C)c2=O)c(F)cc1Cl)C(=O)O.CCC(=O)O.